The predicted octanol–water partition coefficient (Wildman–Crippen LogP) is -0.227. The zero-order valence-electron chi connectivity index (χ0n) is 7.68. The maximum atomic E-state index is 5.84. The lowest BCUT2D eigenvalue weighted by atomic mass is 9.75. The highest BCUT2D eigenvalue weighted by Gasteiger charge is 2.41. The van der Waals surface area contributed by atoms with Crippen LogP contribution in [0.15, 0.2) is 0 Å². The molecule has 1 heterocycles. The van der Waals surface area contributed by atoms with E-state index in [-0.39, 0.29) is 0 Å². The zero-order valence-corrected chi connectivity index (χ0v) is 7.68. The van der Waals surface area contributed by atoms with Gasteiger partial charge in [0.15, 0.2) is 0 Å². The van der Waals surface area contributed by atoms with Gasteiger partial charge in [0.2, 0.25) is 0 Å². The number of hydrogen-bond acceptors (Lipinski definition) is 3. The molecule has 1 saturated carbocycles. The summed E-state index contributed by atoms with van der Waals surface area (Å²) in [5, 5.41) is 3.38. The molecule has 2 fully saturated rings. The topological polar surface area (TPSA) is 41.3 Å². The van der Waals surface area contributed by atoms with Crippen LogP contribution >= 0.6 is 0 Å². The Morgan fingerprint density at radius 2 is 1.92 bits per heavy atom. The van der Waals surface area contributed by atoms with Crippen LogP contribution < -0.4 is 11.1 Å². The first-order valence-electron chi connectivity index (χ1n) is 5.03. The van der Waals surface area contributed by atoms with Crippen LogP contribution in [0.2, 0.25) is 0 Å². The quantitative estimate of drug-likeness (QED) is 0.600. The Morgan fingerprint density at radius 3 is 2.33 bits per heavy atom. The summed E-state index contributed by atoms with van der Waals surface area (Å²) < 4.78 is 0. The molecular weight excluding hydrogens is 150 g/mol. The van der Waals surface area contributed by atoms with Crippen molar-refractivity contribution in [3.05, 3.63) is 0 Å². The van der Waals surface area contributed by atoms with Crippen molar-refractivity contribution in [2.45, 2.75) is 24.8 Å². The van der Waals surface area contributed by atoms with Crippen LogP contribution in [-0.2, 0) is 0 Å². The average Bonchev–Trinajstić information content (AvgIpc) is 2.05. The molecule has 1 aliphatic carbocycles. The van der Waals surface area contributed by atoms with Crippen LogP contribution in [0.5, 0.6) is 0 Å². The van der Waals surface area contributed by atoms with Gasteiger partial charge in [-0.15, -0.1) is 0 Å². The molecule has 1 saturated heterocycles. The van der Waals surface area contributed by atoms with E-state index in [0.29, 0.717) is 5.54 Å². The van der Waals surface area contributed by atoms with Crippen molar-refractivity contribution in [1.82, 2.24) is 10.2 Å². The van der Waals surface area contributed by atoms with Crippen LogP contribution in [0, 0.1) is 0 Å². The zero-order chi connectivity index (χ0) is 8.44. The van der Waals surface area contributed by atoms with Crippen LogP contribution in [0.3, 0.4) is 0 Å². The van der Waals surface area contributed by atoms with Gasteiger partial charge in [0, 0.05) is 38.3 Å². The Hall–Kier alpha value is -0.120. The molecule has 0 atom stereocenters. The molecule has 70 valence electrons. The maximum Gasteiger partial charge on any atom is 0.0332 e. The first-order valence-corrected chi connectivity index (χ1v) is 5.03. The van der Waals surface area contributed by atoms with E-state index in [1.165, 1.54) is 32.4 Å². The number of nitrogens with zero attached hydrogens (tertiary/aromatic N) is 1. The number of hydrogen-bond donors (Lipinski definition) is 2. The molecule has 1 aliphatic heterocycles. The minimum atomic E-state index is 0.405. The van der Waals surface area contributed by atoms with E-state index in [0.717, 1.165) is 19.6 Å². The Morgan fingerprint density at radius 1 is 1.25 bits per heavy atom. The Kier molecular flexibility index (Phi) is 2.35. The van der Waals surface area contributed by atoms with Crippen molar-refractivity contribution in [3.8, 4) is 0 Å². The summed E-state index contributed by atoms with van der Waals surface area (Å²) in [6.45, 7) is 5.52. The molecule has 2 rings (SSSR count). The number of piperazine rings is 1. The molecule has 3 heteroatoms. The second kappa shape index (κ2) is 3.32. The fourth-order valence-electron chi connectivity index (χ4n) is 2.37. The smallest absolute Gasteiger partial charge is 0.0332 e. The Balaban J connectivity index is 1.95. The summed E-state index contributed by atoms with van der Waals surface area (Å²) in [4.78, 5) is 2.59. The minimum Gasteiger partial charge on any atom is -0.329 e. The molecule has 3 nitrogen and oxygen atoms in total. The molecule has 3 N–H and O–H groups in total. The lowest BCUT2D eigenvalue weighted by molar-refractivity contribution is 0.0145. The fourth-order valence-corrected chi connectivity index (χ4v) is 2.37. The van der Waals surface area contributed by atoms with Gasteiger partial charge in [-0.05, 0) is 19.3 Å². The summed E-state index contributed by atoms with van der Waals surface area (Å²) in [5.41, 5.74) is 6.24. The van der Waals surface area contributed by atoms with Crippen LogP contribution in [0.25, 0.3) is 0 Å². The van der Waals surface area contributed by atoms with E-state index >= 15 is 0 Å². The second-order valence-corrected chi connectivity index (χ2v) is 4.02. The van der Waals surface area contributed by atoms with Gasteiger partial charge in [0.1, 0.15) is 0 Å². The lowest BCUT2D eigenvalue weighted by Gasteiger charge is -2.51. The third-order valence-electron chi connectivity index (χ3n) is 3.45. The fraction of sp³-hybridized carbons (Fsp3) is 1.00. The third kappa shape index (κ3) is 1.26. The van der Waals surface area contributed by atoms with Gasteiger partial charge in [0.25, 0.3) is 0 Å². The van der Waals surface area contributed by atoms with Crippen molar-refractivity contribution < 1.29 is 0 Å². The molecule has 0 unspecified atom stereocenters. The van der Waals surface area contributed by atoms with Crippen molar-refractivity contribution in [2.24, 2.45) is 5.73 Å². The largest absolute Gasteiger partial charge is 0.329 e. The maximum absolute atomic E-state index is 5.84. The van der Waals surface area contributed by atoms with Gasteiger partial charge in [0.05, 0.1) is 0 Å². The molecule has 0 spiro atoms. The van der Waals surface area contributed by atoms with Crippen molar-refractivity contribution in [1.29, 1.82) is 0 Å². The third-order valence-corrected chi connectivity index (χ3v) is 3.45. The van der Waals surface area contributed by atoms with Crippen LogP contribution in [0.1, 0.15) is 19.3 Å². The standard InChI is InChI=1S/C9H19N3/c10-8-9(2-1-3-9)12-6-4-11-5-7-12/h11H,1-8,10H2. The van der Waals surface area contributed by atoms with Crippen molar-refractivity contribution >= 4 is 0 Å². The van der Waals surface area contributed by atoms with E-state index < -0.39 is 0 Å². The molecule has 12 heavy (non-hydrogen) atoms. The van der Waals surface area contributed by atoms with Crippen molar-refractivity contribution in [2.75, 3.05) is 32.7 Å². The minimum absolute atomic E-state index is 0.405. The SMILES string of the molecule is NCC1(N2CCNCC2)CCC1. The molecule has 0 amide bonds. The molecule has 0 bridgehead atoms. The van der Waals surface area contributed by atoms with Crippen molar-refractivity contribution in [3.63, 3.8) is 0 Å². The van der Waals surface area contributed by atoms with E-state index in [1.807, 2.05) is 0 Å². The lowest BCUT2D eigenvalue weighted by Crippen LogP contribution is -2.62. The van der Waals surface area contributed by atoms with Gasteiger partial charge in [-0.25, -0.2) is 0 Å². The number of nitrogens with two attached hydrogens (primary N) is 1. The number of nitrogens with one attached hydrogen (secondary N) is 1. The van der Waals surface area contributed by atoms with E-state index in [1.54, 1.807) is 0 Å². The average molecular weight is 169 g/mol. The Bertz CT molecular complexity index is 142. The van der Waals surface area contributed by atoms with Gasteiger partial charge in [-0.2, -0.15) is 0 Å². The van der Waals surface area contributed by atoms with E-state index in [4.69, 9.17) is 5.73 Å². The highest BCUT2D eigenvalue weighted by Crippen LogP contribution is 2.36. The van der Waals surface area contributed by atoms with Gasteiger partial charge in [-0.3, -0.25) is 4.90 Å². The molecule has 0 aromatic heterocycles. The van der Waals surface area contributed by atoms with E-state index in [2.05, 4.69) is 10.2 Å². The molecule has 0 radical (unpaired) electrons. The molecule has 0 aromatic rings. The highest BCUT2D eigenvalue weighted by molar-refractivity contribution is 4.99. The molecule has 2 aliphatic rings. The van der Waals surface area contributed by atoms with Gasteiger partial charge >= 0.3 is 0 Å². The summed E-state index contributed by atoms with van der Waals surface area (Å²) in [6.07, 6.45) is 4.02. The first-order chi connectivity index (χ1) is 5.87. The number of rotatable bonds is 2. The van der Waals surface area contributed by atoms with Gasteiger partial charge in [-0.1, -0.05) is 0 Å². The summed E-state index contributed by atoms with van der Waals surface area (Å²) in [6, 6.07) is 0. The molecular formula is C9H19N3. The second-order valence-electron chi connectivity index (χ2n) is 4.02. The normalized spacial score (nSPS) is 29.8. The monoisotopic (exact) mass is 169 g/mol. The highest BCUT2D eigenvalue weighted by atomic mass is 15.3. The van der Waals surface area contributed by atoms with E-state index in [9.17, 15) is 0 Å². The van der Waals surface area contributed by atoms with Crippen LogP contribution in [-0.4, -0.2) is 43.2 Å². The predicted molar refractivity (Wildman–Crippen MR) is 50.1 cm³/mol. The summed E-state index contributed by atoms with van der Waals surface area (Å²) >= 11 is 0. The summed E-state index contributed by atoms with van der Waals surface area (Å²) in [5.74, 6) is 0. The Labute approximate surface area is 74.3 Å². The summed E-state index contributed by atoms with van der Waals surface area (Å²) in [7, 11) is 0. The first kappa shape index (κ1) is 8.48. The van der Waals surface area contributed by atoms with Gasteiger partial charge < -0.3 is 11.1 Å². The molecule has 0 aromatic carbocycles. The van der Waals surface area contributed by atoms with Crippen LogP contribution in [0.4, 0.5) is 0 Å².